The van der Waals surface area contributed by atoms with Gasteiger partial charge in [0.05, 0.1) is 11.4 Å². The van der Waals surface area contributed by atoms with E-state index in [2.05, 4.69) is 4.72 Å². The second-order valence-electron chi connectivity index (χ2n) is 9.16. The summed E-state index contributed by atoms with van der Waals surface area (Å²) in [5.74, 6) is -1.87. The SMILES string of the molecule is CCCC(F)OC(=O)[C@@H](CN1C(=O)N(C)C(C)(C)C1=O)NS(=O)(=O)c1ccc(-c2ccc(Cl)cc2)cc1. The lowest BCUT2D eigenvalue weighted by molar-refractivity contribution is -0.160. The lowest BCUT2D eigenvalue weighted by Gasteiger charge is -2.23. The van der Waals surface area contributed by atoms with E-state index in [-0.39, 0.29) is 11.3 Å². The lowest BCUT2D eigenvalue weighted by atomic mass is 10.1. The van der Waals surface area contributed by atoms with Crippen LogP contribution in [0.1, 0.15) is 33.6 Å². The van der Waals surface area contributed by atoms with Crippen molar-refractivity contribution in [1.82, 2.24) is 14.5 Å². The number of carbonyl (C=O) groups excluding carboxylic acids is 3. The average molecular weight is 554 g/mol. The van der Waals surface area contributed by atoms with Gasteiger partial charge in [0, 0.05) is 18.5 Å². The van der Waals surface area contributed by atoms with Crippen LogP contribution in [0.25, 0.3) is 11.1 Å². The number of esters is 1. The zero-order valence-corrected chi connectivity index (χ0v) is 22.5. The molecule has 0 saturated carbocycles. The summed E-state index contributed by atoms with van der Waals surface area (Å²) in [7, 11) is -2.92. The van der Waals surface area contributed by atoms with Gasteiger partial charge in [0.2, 0.25) is 16.4 Å². The molecule has 9 nitrogen and oxygen atoms in total. The summed E-state index contributed by atoms with van der Waals surface area (Å²) in [6.07, 6.45) is -1.67. The number of ether oxygens (including phenoxy) is 1. The molecule has 2 aromatic carbocycles. The largest absolute Gasteiger partial charge is 0.430 e. The topological polar surface area (TPSA) is 113 Å². The molecule has 1 aliphatic rings. The van der Waals surface area contributed by atoms with E-state index >= 15 is 0 Å². The van der Waals surface area contributed by atoms with E-state index < -0.39 is 52.4 Å². The van der Waals surface area contributed by atoms with Crippen molar-refractivity contribution >= 4 is 39.5 Å². The molecular weight excluding hydrogens is 525 g/mol. The molecular formula is C25H29ClFN3O6S. The Balaban J connectivity index is 1.86. The minimum atomic E-state index is -4.33. The number of nitrogens with zero attached hydrogens (tertiary/aromatic N) is 2. The zero-order valence-electron chi connectivity index (χ0n) is 20.9. The minimum absolute atomic E-state index is 0.0886. The Bertz CT molecular complexity index is 1270. The van der Waals surface area contributed by atoms with E-state index in [4.69, 9.17) is 16.3 Å². The number of halogens is 2. The summed E-state index contributed by atoms with van der Waals surface area (Å²) < 4.78 is 47.3. The molecule has 1 aliphatic heterocycles. The molecule has 1 fully saturated rings. The highest BCUT2D eigenvalue weighted by Crippen LogP contribution is 2.27. The van der Waals surface area contributed by atoms with Crippen LogP contribution in [0.4, 0.5) is 9.18 Å². The molecule has 1 N–H and O–H groups in total. The van der Waals surface area contributed by atoms with Crippen molar-refractivity contribution < 1.29 is 31.9 Å². The number of likely N-dealkylation sites (N-methyl/N-ethyl adjacent to an activating group) is 1. The molecule has 0 bridgehead atoms. The third-order valence-electron chi connectivity index (χ3n) is 6.17. The van der Waals surface area contributed by atoms with Gasteiger partial charge in [0.1, 0.15) is 11.6 Å². The van der Waals surface area contributed by atoms with Crippen LogP contribution in [-0.4, -0.2) is 67.7 Å². The van der Waals surface area contributed by atoms with Gasteiger partial charge >= 0.3 is 12.0 Å². The number of hydrogen-bond donors (Lipinski definition) is 1. The molecule has 37 heavy (non-hydrogen) atoms. The molecule has 3 amide bonds. The quantitative estimate of drug-likeness (QED) is 0.352. The predicted molar refractivity (Wildman–Crippen MR) is 136 cm³/mol. The molecule has 0 radical (unpaired) electrons. The number of nitrogens with one attached hydrogen (secondary N) is 1. The standard InChI is InChI=1S/C25H29ClFN3O6S/c1-5-6-21(27)36-22(31)20(15-30-23(32)25(2,3)29(4)24(30)33)28-37(34,35)19-13-9-17(10-14-19)16-7-11-18(26)12-8-16/h7-14,20-21,28H,5-6,15H2,1-4H3/t20-,21?/m1/s1. The Morgan fingerprint density at radius 2 is 1.62 bits per heavy atom. The fourth-order valence-electron chi connectivity index (χ4n) is 3.70. The summed E-state index contributed by atoms with van der Waals surface area (Å²) in [6, 6.07) is 10.4. The van der Waals surface area contributed by atoms with Crippen LogP contribution < -0.4 is 4.72 Å². The van der Waals surface area contributed by atoms with Crippen LogP contribution in [0.3, 0.4) is 0 Å². The van der Waals surface area contributed by atoms with E-state index in [0.717, 1.165) is 16.0 Å². The molecule has 1 heterocycles. The third kappa shape index (κ3) is 6.28. The van der Waals surface area contributed by atoms with Gasteiger partial charge in [0.15, 0.2) is 0 Å². The van der Waals surface area contributed by atoms with Crippen molar-refractivity contribution in [1.29, 1.82) is 0 Å². The minimum Gasteiger partial charge on any atom is -0.430 e. The van der Waals surface area contributed by atoms with Crippen molar-refractivity contribution in [3.8, 4) is 11.1 Å². The number of carbonyl (C=O) groups is 3. The molecule has 12 heteroatoms. The number of alkyl halides is 1. The Morgan fingerprint density at radius 1 is 1.08 bits per heavy atom. The predicted octanol–water partition coefficient (Wildman–Crippen LogP) is 3.97. The van der Waals surface area contributed by atoms with Crippen molar-refractivity contribution in [2.24, 2.45) is 0 Å². The molecule has 1 unspecified atom stereocenters. The van der Waals surface area contributed by atoms with Crippen LogP contribution in [0.5, 0.6) is 0 Å². The number of hydrogen-bond acceptors (Lipinski definition) is 6. The molecule has 0 aromatic heterocycles. The highest BCUT2D eigenvalue weighted by atomic mass is 35.5. The van der Waals surface area contributed by atoms with E-state index in [1.54, 1.807) is 43.3 Å². The summed E-state index contributed by atoms with van der Waals surface area (Å²) in [5, 5.41) is 0.559. The van der Waals surface area contributed by atoms with Crippen LogP contribution in [0.2, 0.25) is 5.02 Å². The maximum absolute atomic E-state index is 14.1. The van der Waals surface area contributed by atoms with E-state index in [1.165, 1.54) is 37.9 Å². The highest BCUT2D eigenvalue weighted by Gasteiger charge is 2.50. The van der Waals surface area contributed by atoms with Gasteiger partial charge in [-0.2, -0.15) is 4.72 Å². The first kappa shape index (κ1) is 28.5. The first-order valence-corrected chi connectivity index (χ1v) is 13.5. The summed E-state index contributed by atoms with van der Waals surface area (Å²) in [4.78, 5) is 40.0. The summed E-state index contributed by atoms with van der Waals surface area (Å²) in [5.41, 5.74) is 0.336. The second kappa shape index (κ2) is 11.2. The smallest absolute Gasteiger partial charge is 0.328 e. The molecule has 0 aliphatic carbocycles. The molecule has 0 spiro atoms. The van der Waals surface area contributed by atoms with Crippen LogP contribution in [-0.2, 0) is 24.3 Å². The number of benzene rings is 2. The fraction of sp³-hybridized carbons (Fsp3) is 0.400. The Labute approximate surface area is 220 Å². The van der Waals surface area contributed by atoms with Crippen molar-refractivity contribution in [3.63, 3.8) is 0 Å². The van der Waals surface area contributed by atoms with Gasteiger partial charge in [-0.05, 0) is 55.7 Å². The Kier molecular flexibility index (Phi) is 8.61. The van der Waals surface area contributed by atoms with Gasteiger partial charge in [-0.15, -0.1) is 0 Å². The number of rotatable bonds is 10. The third-order valence-corrected chi connectivity index (χ3v) is 7.91. The maximum Gasteiger partial charge on any atom is 0.328 e. The number of urea groups is 1. The molecule has 3 rings (SSSR count). The molecule has 2 aromatic rings. The van der Waals surface area contributed by atoms with Gasteiger partial charge < -0.3 is 9.64 Å². The van der Waals surface area contributed by atoms with E-state index in [9.17, 15) is 27.2 Å². The number of amides is 3. The van der Waals surface area contributed by atoms with Gasteiger partial charge in [-0.1, -0.05) is 42.8 Å². The average Bonchev–Trinajstić information content (AvgIpc) is 2.98. The zero-order chi connectivity index (χ0) is 27.5. The van der Waals surface area contributed by atoms with Crippen LogP contribution in [0, 0.1) is 0 Å². The molecule has 2 atom stereocenters. The fourth-order valence-corrected chi connectivity index (χ4v) is 5.00. The number of sulfonamides is 1. The Hall–Kier alpha value is -3.02. The first-order valence-electron chi connectivity index (χ1n) is 11.6. The lowest BCUT2D eigenvalue weighted by Crippen LogP contribution is -2.51. The van der Waals surface area contributed by atoms with Gasteiger partial charge in [-0.25, -0.2) is 17.6 Å². The van der Waals surface area contributed by atoms with Gasteiger partial charge in [-0.3, -0.25) is 14.5 Å². The van der Waals surface area contributed by atoms with Crippen LogP contribution >= 0.6 is 11.6 Å². The summed E-state index contributed by atoms with van der Waals surface area (Å²) >= 11 is 5.91. The van der Waals surface area contributed by atoms with Crippen molar-refractivity contribution in [2.75, 3.05) is 13.6 Å². The normalized spacial score (nSPS) is 17.1. The Morgan fingerprint density at radius 3 is 2.11 bits per heavy atom. The number of imide groups is 1. The van der Waals surface area contributed by atoms with Crippen molar-refractivity contribution in [2.45, 2.75) is 56.4 Å². The van der Waals surface area contributed by atoms with E-state index in [1.807, 2.05) is 0 Å². The molecule has 1 saturated heterocycles. The monoisotopic (exact) mass is 553 g/mol. The first-order chi connectivity index (χ1) is 17.3. The summed E-state index contributed by atoms with van der Waals surface area (Å²) in [6.45, 7) is 4.07. The highest BCUT2D eigenvalue weighted by molar-refractivity contribution is 7.89. The van der Waals surface area contributed by atoms with Crippen molar-refractivity contribution in [3.05, 3.63) is 53.6 Å². The van der Waals surface area contributed by atoms with Crippen LogP contribution in [0.15, 0.2) is 53.4 Å². The van der Waals surface area contributed by atoms with E-state index in [0.29, 0.717) is 11.4 Å². The van der Waals surface area contributed by atoms with Gasteiger partial charge in [0.25, 0.3) is 5.91 Å². The maximum atomic E-state index is 14.1. The molecule has 200 valence electrons. The second-order valence-corrected chi connectivity index (χ2v) is 11.3.